The van der Waals surface area contributed by atoms with Crippen molar-refractivity contribution < 1.29 is 17.9 Å². The van der Waals surface area contributed by atoms with Gasteiger partial charge in [0.1, 0.15) is 5.75 Å². The number of hydrogen-bond donors (Lipinski definition) is 2. The van der Waals surface area contributed by atoms with E-state index in [1.54, 1.807) is 32.4 Å². The number of aliphatic imine (C=N–C) groups is 1. The molecule has 176 valence electrons. The van der Waals surface area contributed by atoms with Gasteiger partial charge in [-0.3, -0.25) is 4.79 Å². The second-order valence-electron chi connectivity index (χ2n) is 7.37. The van der Waals surface area contributed by atoms with Gasteiger partial charge in [0.25, 0.3) is 0 Å². The number of nitrogens with zero attached hydrogens (tertiary/aromatic N) is 3. The van der Waals surface area contributed by atoms with Crippen LogP contribution in [-0.4, -0.2) is 82.1 Å². The highest BCUT2D eigenvalue weighted by Crippen LogP contribution is 2.15. The minimum atomic E-state index is -3.16. The Bertz CT molecular complexity index is 822. The van der Waals surface area contributed by atoms with Crippen molar-refractivity contribution in [1.29, 1.82) is 0 Å². The predicted molar refractivity (Wildman–Crippen MR) is 133 cm³/mol. The number of benzene rings is 1. The van der Waals surface area contributed by atoms with Crippen LogP contribution in [0.25, 0.3) is 0 Å². The van der Waals surface area contributed by atoms with E-state index in [0.29, 0.717) is 38.4 Å². The van der Waals surface area contributed by atoms with Gasteiger partial charge in [-0.2, -0.15) is 0 Å². The molecular weight excluding hydrogens is 533 g/mol. The molecule has 31 heavy (non-hydrogen) atoms. The molecule has 1 aromatic carbocycles. The number of ether oxygens (including phenoxy) is 1. The number of nitrogens with one attached hydrogen (secondary N) is 2. The molecule has 11 heteroatoms. The van der Waals surface area contributed by atoms with Crippen LogP contribution in [0.1, 0.15) is 25.3 Å². The quantitative estimate of drug-likeness (QED) is 0.279. The molecule has 1 amide bonds. The van der Waals surface area contributed by atoms with E-state index < -0.39 is 10.0 Å². The molecule has 1 heterocycles. The number of guanidine groups is 1. The van der Waals surface area contributed by atoms with Crippen molar-refractivity contribution in [1.82, 2.24) is 19.8 Å². The van der Waals surface area contributed by atoms with Gasteiger partial charge in [-0.25, -0.2) is 17.7 Å². The number of hydrogen-bond acceptors (Lipinski definition) is 5. The second kappa shape index (κ2) is 13.1. The molecule has 1 aromatic rings. The van der Waals surface area contributed by atoms with Gasteiger partial charge in [0.2, 0.25) is 15.9 Å². The molecule has 0 aromatic heterocycles. The summed E-state index contributed by atoms with van der Waals surface area (Å²) in [6.07, 6.45) is 1.37. The number of sulfonamides is 1. The lowest BCUT2D eigenvalue weighted by atomic mass is 10.1. The van der Waals surface area contributed by atoms with Crippen molar-refractivity contribution in [2.75, 3.05) is 46.6 Å². The number of methoxy groups -OCH3 is 1. The van der Waals surface area contributed by atoms with Crippen molar-refractivity contribution in [2.45, 2.75) is 32.4 Å². The van der Waals surface area contributed by atoms with Gasteiger partial charge in [0, 0.05) is 33.2 Å². The number of halogens is 1. The minimum Gasteiger partial charge on any atom is -0.497 e. The van der Waals surface area contributed by atoms with E-state index in [0.717, 1.165) is 11.3 Å². The lowest BCUT2D eigenvalue weighted by molar-refractivity contribution is -0.127. The van der Waals surface area contributed by atoms with Crippen molar-refractivity contribution >= 4 is 45.9 Å². The smallest absolute Gasteiger partial charge is 0.241 e. The predicted octanol–water partition coefficient (Wildman–Crippen LogP) is 1.25. The molecule has 1 saturated heterocycles. The topological polar surface area (TPSA) is 103 Å². The van der Waals surface area contributed by atoms with Crippen LogP contribution in [-0.2, 0) is 21.4 Å². The summed E-state index contributed by atoms with van der Waals surface area (Å²) in [6, 6.07) is 7.73. The lowest BCUT2D eigenvalue weighted by Gasteiger charge is -2.32. The van der Waals surface area contributed by atoms with Crippen molar-refractivity contribution in [3.63, 3.8) is 0 Å². The zero-order valence-corrected chi connectivity index (χ0v) is 21.8. The first-order valence-corrected chi connectivity index (χ1v) is 11.7. The fraction of sp³-hybridized carbons (Fsp3) is 0.600. The van der Waals surface area contributed by atoms with Crippen molar-refractivity contribution in [3.05, 3.63) is 29.8 Å². The molecule has 1 aliphatic heterocycles. The molecule has 0 bridgehead atoms. The summed E-state index contributed by atoms with van der Waals surface area (Å²) in [5, 5.41) is 6.44. The van der Waals surface area contributed by atoms with E-state index in [4.69, 9.17) is 4.74 Å². The number of carbonyl (C=O) groups is 1. The molecule has 0 radical (unpaired) electrons. The summed E-state index contributed by atoms with van der Waals surface area (Å²) in [7, 11) is 1.87. The first-order chi connectivity index (χ1) is 14.2. The maximum absolute atomic E-state index is 12.0. The summed E-state index contributed by atoms with van der Waals surface area (Å²) < 4.78 is 30.8. The van der Waals surface area contributed by atoms with Gasteiger partial charge < -0.3 is 20.3 Å². The molecule has 0 unspecified atom stereocenters. The third kappa shape index (κ3) is 8.81. The molecule has 0 spiro atoms. The molecular formula is C20H34IN5O4S. The molecule has 0 atom stereocenters. The van der Waals surface area contributed by atoms with Gasteiger partial charge in [-0.15, -0.1) is 24.0 Å². The maximum atomic E-state index is 12.0. The SMILES string of the molecule is CCS(=O)(=O)N1CCC(NC(=NCc2ccc(OC)cc2)NCC(=O)N(C)C)CC1.I. The summed E-state index contributed by atoms with van der Waals surface area (Å²) in [5.41, 5.74) is 1.01. The number of piperidine rings is 1. The Labute approximate surface area is 202 Å². The van der Waals surface area contributed by atoms with E-state index in [-0.39, 0.29) is 48.2 Å². The Morgan fingerprint density at radius 1 is 1.23 bits per heavy atom. The third-order valence-corrected chi connectivity index (χ3v) is 6.92. The molecule has 1 aliphatic rings. The summed E-state index contributed by atoms with van der Waals surface area (Å²) >= 11 is 0. The Hall–Kier alpha value is -1.60. The van der Waals surface area contributed by atoms with Crippen molar-refractivity contribution in [3.8, 4) is 5.75 Å². The Morgan fingerprint density at radius 3 is 2.35 bits per heavy atom. The highest BCUT2D eigenvalue weighted by molar-refractivity contribution is 14.0. The standard InChI is InChI=1S/C20H33N5O4S.HI/c1-5-30(27,28)25-12-10-17(11-13-25)23-20(22-15-19(26)24(2)3)21-14-16-6-8-18(29-4)9-7-16;/h6-9,17H,5,10-15H2,1-4H3,(H2,21,22,23);1H. The average Bonchev–Trinajstić information content (AvgIpc) is 2.75. The number of likely N-dealkylation sites (N-methyl/N-ethyl adjacent to an activating group) is 1. The van der Waals surface area contributed by atoms with Gasteiger partial charge in [0.05, 0.1) is 26.0 Å². The van der Waals surface area contributed by atoms with Gasteiger partial charge in [0.15, 0.2) is 5.96 Å². The maximum Gasteiger partial charge on any atom is 0.241 e. The van der Waals surface area contributed by atoms with E-state index in [2.05, 4.69) is 15.6 Å². The lowest BCUT2D eigenvalue weighted by Crippen LogP contribution is -2.51. The number of carbonyl (C=O) groups excluding carboxylic acids is 1. The fourth-order valence-electron chi connectivity index (χ4n) is 3.03. The highest BCUT2D eigenvalue weighted by atomic mass is 127. The van der Waals surface area contributed by atoms with Crippen molar-refractivity contribution in [2.24, 2.45) is 4.99 Å². The zero-order valence-electron chi connectivity index (χ0n) is 18.6. The first kappa shape index (κ1) is 27.4. The van der Waals surface area contributed by atoms with E-state index in [1.165, 1.54) is 4.90 Å². The van der Waals surface area contributed by atoms with Crippen LogP contribution in [0.4, 0.5) is 0 Å². The van der Waals surface area contributed by atoms with Crippen LogP contribution < -0.4 is 15.4 Å². The number of rotatable bonds is 8. The Kier molecular flexibility index (Phi) is 11.6. The van der Waals surface area contributed by atoms with Crippen LogP contribution in [0.2, 0.25) is 0 Å². The van der Waals surface area contributed by atoms with E-state index in [1.807, 2.05) is 24.3 Å². The van der Waals surface area contributed by atoms with Gasteiger partial charge in [-0.1, -0.05) is 12.1 Å². The highest BCUT2D eigenvalue weighted by Gasteiger charge is 2.27. The minimum absolute atomic E-state index is 0. The number of amides is 1. The Morgan fingerprint density at radius 2 is 1.84 bits per heavy atom. The molecule has 2 N–H and O–H groups in total. The third-order valence-electron chi connectivity index (χ3n) is 5.04. The van der Waals surface area contributed by atoms with Crippen LogP contribution >= 0.6 is 24.0 Å². The molecule has 1 fully saturated rings. The van der Waals surface area contributed by atoms with Crippen LogP contribution in [0.5, 0.6) is 5.75 Å². The molecule has 9 nitrogen and oxygen atoms in total. The Balaban J connectivity index is 0.00000480. The zero-order chi connectivity index (χ0) is 22.1. The average molecular weight is 567 g/mol. The molecule has 2 rings (SSSR count). The second-order valence-corrected chi connectivity index (χ2v) is 9.63. The van der Waals surface area contributed by atoms with Gasteiger partial charge >= 0.3 is 0 Å². The normalized spacial score (nSPS) is 15.7. The van der Waals surface area contributed by atoms with Gasteiger partial charge in [-0.05, 0) is 37.5 Å². The van der Waals surface area contributed by atoms with E-state index >= 15 is 0 Å². The van der Waals surface area contributed by atoms with Crippen LogP contribution in [0.15, 0.2) is 29.3 Å². The molecule has 0 saturated carbocycles. The monoisotopic (exact) mass is 567 g/mol. The van der Waals surface area contributed by atoms with Crippen LogP contribution in [0.3, 0.4) is 0 Å². The largest absolute Gasteiger partial charge is 0.497 e. The summed E-state index contributed by atoms with van der Waals surface area (Å²) in [4.78, 5) is 18.1. The molecule has 0 aliphatic carbocycles. The van der Waals surface area contributed by atoms with E-state index in [9.17, 15) is 13.2 Å². The fourth-order valence-corrected chi connectivity index (χ4v) is 4.16. The summed E-state index contributed by atoms with van der Waals surface area (Å²) in [6.45, 7) is 3.20. The summed E-state index contributed by atoms with van der Waals surface area (Å²) in [5.74, 6) is 1.38. The first-order valence-electron chi connectivity index (χ1n) is 10.1. The van der Waals surface area contributed by atoms with Crippen LogP contribution in [0, 0.1) is 0 Å².